The Labute approximate surface area is 95.1 Å². The Morgan fingerprint density at radius 1 is 1.62 bits per heavy atom. The van der Waals surface area contributed by atoms with Crippen molar-refractivity contribution >= 4 is 23.1 Å². The highest BCUT2D eigenvalue weighted by atomic mass is 35.5. The van der Waals surface area contributed by atoms with Crippen LogP contribution in [0, 0.1) is 10.1 Å². The van der Waals surface area contributed by atoms with Gasteiger partial charge in [0.2, 0.25) is 11.0 Å². The van der Waals surface area contributed by atoms with Crippen LogP contribution in [0.3, 0.4) is 0 Å². The van der Waals surface area contributed by atoms with Crippen LogP contribution in [0.2, 0.25) is 5.15 Å². The summed E-state index contributed by atoms with van der Waals surface area (Å²) in [6.07, 6.45) is 0.0246. The molecule has 1 atom stereocenters. The lowest BCUT2D eigenvalue weighted by Gasteiger charge is -2.09. The van der Waals surface area contributed by atoms with E-state index in [2.05, 4.69) is 15.3 Å². The van der Waals surface area contributed by atoms with Gasteiger partial charge in [-0.3, -0.25) is 10.1 Å². The molecule has 88 valence electrons. The second kappa shape index (κ2) is 5.54. The molecule has 1 rings (SSSR count). The van der Waals surface area contributed by atoms with Crippen molar-refractivity contribution in [1.82, 2.24) is 9.97 Å². The van der Waals surface area contributed by atoms with E-state index in [1.807, 2.05) is 0 Å². The molecule has 1 unspecified atom stereocenters. The topological polar surface area (TPSA) is 121 Å². The van der Waals surface area contributed by atoms with Crippen molar-refractivity contribution in [3.05, 3.63) is 21.6 Å². The van der Waals surface area contributed by atoms with E-state index < -0.39 is 23.3 Å². The average molecular weight is 249 g/mol. The number of hydrogen-bond acceptors (Lipinski definition) is 7. The van der Waals surface area contributed by atoms with E-state index in [1.165, 1.54) is 0 Å². The number of hydrogen-bond donors (Lipinski definition) is 3. The Kier molecular flexibility index (Phi) is 4.35. The third-order valence-corrected chi connectivity index (χ3v) is 1.95. The molecule has 1 aromatic rings. The summed E-state index contributed by atoms with van der Waals surface area (Å²) >= 11 is 5.53. The summed E-state index contributed by atoms with van der Waals surface area (Å²) in [5.41, 5.74) is -0.464. The summed E-state index contributed by atoms with van der Waals surface area (Å²) in [4.78, 5) is 17.0. The van der Waals surface area contributed by atoms with Gasteiger partial charge in [0.1, 0.15) is 6.33 Å². The number of halogens is 1. The van der Waals surface area contributed by atoms with Crippen LogP contribution >= 0.6 is 11.6 Å². The van der Waals surface area contributed by atoms with Crippen molar-refractivity contribution in [2.45, 2.75) is 6.10 Å². The van der Waals surface area contributed by atoms with Crippen molar-refractivity contribution in [3.8, 4) is 0 Å². The summed E-state index contributed by atoms with van der Waals surface area (Å²) < 4.78 is 0. The van der Waals surface area contributed by atoms with E-state index in [0.29, 0.717) is 0 Å². The summed E-state index contributed by atoms with van der Waals surface area (Å²) in [6, 6.07) is 0. The minimum absolute atomic E-state index is 0.0787. The molecular formula is C7H9ClN4O4. The largest absolute Gasteiger partial charge is 0.394 e. The molecule has 0 radical (unpaired) electrons. The molecule has 1 aromatic heterocycles. The molecule has 0 fully saturated rings. The second-order valence-corrected chi connectivity index (χ2v) is 3.19. The fraction of sp³-hybridized carbons (Fsp3) is 0.429. The molecule has 1 heterocycles. The molecule has 0 aliphatic carbocycles. The molecule has 0 saturated carbocycles. The Balaban J connectivity index is 2.87. The van der Waals surface area contributed by atoms with Crippen molar-refractivity contribution in [1.29, 1.82) is 0 Å². The second-order valence-electron chi connectivity index (χ2n) is 2.84. The zero-order chi connectivity index (χ0) is 12.1. The zero-order valence-corrected chi connectivity index (χ0v) is 8.76. The number of anilines is 1. The summed E-state index contributed by atoms with van der Waals surface area (Å²) in [5, 5.41) is 30.5. The maximum atomic E-state index is 10.6. The fourth-order valence-corrected chi connectivity index (χ4v) is 1.13. The molecular weight excluding hydrogens is 240 g/mol. The van der Waals surface area contributed by atoms with Crippen molar-refractivity contribution in [3.63, 3.8) is 0 Å². The van der Waals surface area contributed by atoms with E-state index >= 15 is 0 Å². The Bertz CT molecular complexity index is 389. The summed E-state index contributed by atoms with van der Waals surface area (Å²) in [7, 11) is 0. The van der Waals surface area contributed by atoms with E-state index in [1.54, 1.807) is 0 Å². The molecule has 0 aliphatic heterocycles. The Morgan fingerprint density at radius 2 is 2.31 bits per heavy atom. The predicted molar refractivity (Wildman–Crippen MR) is 55.3 cm³/mol. The molecule has 0 aromatic carbocycles. The van der Waals surface area contributed by atoms with Crippen LogP contribution in [-0.2, 0) is 0 Å². The standard InChI is InChI=1S/C7H9ClN4O4/c8-6-5(12(15)16)7(11-3-10-6)9-1-4(14)2-13/h3-4,13-14H,1-2H2,(H,9,10,11). The quantitative estimate of drug-likeness (QED) is 0.375. The minimum atomic E-state index is -1.03. The van der Waals surface area contributed by atoms with Crippen LogP contribution in [-0.4, -0.2) is 44.4 Å². The highest BCUT2D eigenvalue weighted by Gasteiger charge is 2.21. The fourth-order valence-electron chi connectivity index (χ4n) is 0.927. The maximum absolute atomic E-state index is 10.6. The SMILES string of the molecule is O=[N+]([O-])c1c(Cl)ncnc1NCC(O)CO. The first-order valence-electron chi connectivity index (χ1n) is 4.24. The highest BCUT2D eigenvalue weighted by Crippen LogP contribution is 2.27. The molecule has 0 saturated heterocycles. The number of aromatic nitrogens is 2. The lowest BCUT2D eigenvalue weighted by atomic mass is 10.3. The molecule has 0 spiro atoms. The van der Waals surface area contributed by atoms with E-state index in [0.717, 1.165) is 6.33 Å². The first kappa shape index (κ1) is 12.6. The van der Waals surface area contributed by atoms with E-state index in [4.69, 9.17) is 21.8 Å². The minimum Gasteiger partial charge on any atom is -0.394 e. The molecule has 16 heavy (non-hydrogen) atoms. The predicted octanol–water partition coefficient (Wildman–Crippen LogP) is -0.197. The van der Waals surface area contributed by atoms with Gasteiger partial charge in [0, 0.05) is 6.54 Å². The van der Waals surface area contributed by atoms with E-state index in [-0.39, 0.29) is 17.5 Å². The van der Waals surface area contributed by atoms with Gasteiger partial charge in [-0.2, -0.15) is 0 Å². The van der Waals surface area contributed by atoms with Crippen LogP contribution < -0.4 is 5.32 Å². The zero-order valence-electron chi connectivity index (χ0n) is 8.00. The average Bonchev–Trinajstić information content (AvgIpc) is 2.25. The molecule has 0 bridgehead atoms. The van der Waals surface area contributed by atoms with Crippen molar-refractivity contribution in [2.24, 2.45) is 0 Å². The van der Waals surface area contributed by atoms with Crippen molar-refractivity contribution in [2.75, 3.05) is 18.5 Å². The number of nitro groups is 1. The number of aliphatic hydroxyl groups excluding tert-OH is 2. The molecule has 9 heteroatoms. The molecule has 8 nitrogen and oxygen atoms in total. The van der Waals surface area contributed by atoms with Gasteiger partial charge in [-0.1, -0.05) is 11.6 Å². The van der Waals surface area contributed by atoms with Crippen LogP contribution in [0.5, 0.6) is 0 Å². The number of rotatable bonds is 5. The summed E-state index contributed by atoms with van der Waals surface area (Å²) in [6.45, 7) is -0.537. The number of nitrogens with zero attached hydrogens (tertiary/aromatic N) is 3. The maximum Gasteiger partial charge on any atom is 0.348 e. The molecule has 3 N–H and O–H groups in total. The lowest BCUT2D eigenvalue weighted by molar-refractivity contribution is -0.384. The van der Waals surface area contributed by atoms with Crippen LogP contribution in [0.4, 0.5) is 11.5 Å². The van der Waals surface area contributed by atoms with E-state index in [9.17, 15) is 10.1 Å². The first-order valence-corrected chi connectivity index (χ1v) is 4.61. The number of aliphatic hydroxyl groups is 2. The smallest absolute Gasteiger partial charge is 0.348 e. The molecule has 0 amide bonds. The van der Waals surface area contributed by atoms with Gasteiger partial charge in [0.05, 0.1) is 17.6 Å². The first-order chi connectivity index (χ1) is 7.56. The van der Waals surface area contributed by atoms with Crippen LogP contribution in [0.15, 0.2) is 6.33 Å². The van der Waals surface area contributed by atoms with Gasteiger partial charge in [-0.25, -0.2) is 9.97 Å². The van der Waals surface area contributed by atoms with Gasteiger partial charge < -0.3 is 15.5 Å². The van der Waals surface area contributed by atoms with Crippen LogP contribution in [0.1, 0.15) is 0 Å². The number of nitrogens with one attached hydrogen (secondary N) is 1. The van der Waals surface area contributed by atoms with Gasteiger partial charge in [0.25, 0.3) is 0 Å². The van der Waals surface area contributed by atoms with Crippen molar-refractivity contribution < 1.29 is 15.1 Å². The summed E-state index contributed by atoms with van der Waals surface area (Å²) in [5.74, 6) is -0.0995. The lowest BCUT2D eigenvalue weighted by Crippen LogP contribution is -2.23. The Hall–Kier alpha value is -1.51. The van der Waals surface area contributed by atoms with Gasteiger partial charge >= 0.3 is 5.69 Å². The van der Waals surface area contributed by atoms with Gasteiger partial charge in [-0.05, 0) is 0 Å². The van der Waals surface area contributed by atoms with Gasteiger partial charge in [-0.15, -0.1) is 0 Å². The third-order valence-electron chi connectivity index (χ3n) is 1.68. The Morgan fingerprint density at radius 3 is 2.88 bits per heavy atom. The molecule has 0 aliphatic rings. The third kappa shape index (κ3) is 2.99. The van der Waals surface area contributed by atoms with Gasteiger partial charge in [0.15, 0.2) is 0 Å². The highest BCUT2D eigenvalue weighted by molar-refractivity contribution is 6.31. The van der Waals surface area contributed by atoms with Crippen LogP contribution in [0.25, 0.3) is 0 Å². The monoisotopic (exact) mass is 248 g/mol. The normalized spacial score (nSPS) is 12.2.